The molecule has 1 aliphatic heterocycles. The lowest BCUT2D eigenvalue weighted by Crippen LogP contribution is -2.28. The quantitative estimate of drug-likeness (QED) is 0.570. The van der Waals surface area contributed by atoms with Crippen molar-refractivity contribution in [3.63, 3.8) is 0 Å². The van der Waals surface area contributed by atoms with Crippen molar-refractivity contribution < 1.29 is 9.47 Å². The van der Waals surface area contributed by atoms with Crippen LogP contribution in [-0.4, -0.2) is 32.5 Å². The van der Waals surface area contributed by atoms with E-state index in [9.17, 15) is 0 Å². The Labute approximate surface area is 61.5 Å². The van der Waals surface area contributed by atoms with Crippen molar-refractivity contribution in [3.05, 3.63) is 0 Å². The molecule has 0 spiro atoms. The Balaban J connectivity index is 2.30. The van der Waals surface area contributed by atoms with Crippen molar-refractivity contribution in [1.82, 2.24) is 0 Å². The summed E-state index contributed by atoms with van der Waals surface area (Å²) < 4.78 is 10.4. The van der Waals surface area contributed by atoms with Crippen molar-refractivity contribution in [2.75, 3.05) is 20.3 Å². The third-order valence-corrected chi connectivity index (χ3v) is 1.82. The summed E-state index contributed by atoms with van der Waals surface area (Å²) in [5, 5.41) is 0. The first kappa shape index (κ1) is 7.98. The van der Waals surface area contributed by atoms with E-state index < -0.39 is 0 Å². The summed E-state index contributed by atoms with van der Waals surface area (Å²) in [6.07, 6.45) is 2.21. The van der Waals surface area contributed by atoms with Crippen molar-refractivity contribution in [2.45, 2.75) is 25.0 Å². The maximum absolute atomic E-state index is 5.70. The van der Waals surface area contributed by atoms with Gasteiger partial charge in [0.1, 0.15) is 0 Å². The van der Waals surface area contributed by atoms with Crippen LogP contribution >= 0.6 is 0 Å². The van der Waals surface area contributed by atoms with Gasteiger partial charge in [0.15, 0.2) is 0 Å². The number of rotatable bonds is 1. The van der Waals surface area contributed by atoms with Crippen LogP contribution in [0.25, 0.3) is 0 Å². The van der Waals surface area contributed by atoms with Gasteiger partial charge >= 0.3 is 0 Å². The molecule has 0 amide bonds. The predicted molar refractivity (Wildman–Crippen MR) is 38.8 cm³/mol. The lowest BCUT2D eigenvalue weighted by molar-refractivity contribution is 0.0780. The van der Waals surface area contributed by atoms with Gasteiger partial charge in [-0.05, 0) is 12.8 Å². The minimum atomic E-state index is 0.160. The Morgan fingerprint density at radius 3 is 3.10 bits per heavy atom. The molecule has 3 heteroatoms. The number of ether oxygens (including phenoxy) is 2. The van der Waals surface area contributed by atoms with Gasteiger partial charge in [-0.25, -0.2) is 0 Å². The van der Waals surface area contributed by atoms with Crippen LogP contribution in [0, 0.1) is 0 Å². The van der Waals surface area contributed by atoms with E-state index in [2.05, 4.69) is 0 Å². The number of hydrogen-bond donors (Lipinski definition) is 1. The summed E-state index contributed by atoms with van der Waals surface area (Å²) in [4.78, 5) is 0. The molecule has 1 heterocycles. The van der Waals surface area contributed by atoms with Crippen LogP contribution in [0.5, 0.6) is 0 Å². The fourth-order valence-electron chi connectivity index (χ4n) is 1.19. The molecule has 0 aromatic rings. The number of methoxy groups -OCH3 is 1. The van der Waals surface area contributed by atoms with Crippen molar-refractivity contribution in [3.8, 4) is 0 Å². The second kappa shape index (κ2) is 3.91. The molecule has 0 bridgehead atoms. The van der Waals surface area contributed by atoms with E-state index in [1.165, 1.54) is 0 Å². The smallest absolute Gasteiger partial charge is 0.0618 e. The Bertz CT molecular complexity index is 97.6. The third kappa shape index (κ3) is 2.25. The van der Waals surface area contributed by atoms with Crippen LogP contribution < -0.4 is 5.73 Å². The fraction of sp³-hybridized carbons (Fsp3) is 1.00. The zero-order valence-electron chi connectivity index (χ0n) is 6.38. The summed E-state index contributed by atoms with van der Waals surface area (Å²) in [6, 6.07) is 0.160. The van der Waals surface area contributed by atoms with E-state index >= 15 is 0 Å². The summed E-state index contributed by atoms with van der Waals surface area (Å²) in [5.41, 5.74) is 5.70. The Morgan fingerprint density at radius 1 is 1.60 bits per heavy atom. The van der Waals surface area contributed by atoms with Crippen molar-refractivity contribution >= 4 is 0 Å². The van der Waals surface area contributed by atoms with Gasteiger partial charge in [-0.15, -0.1) is 0 Å². The largest absolute Gasteiger partial charge is 0.381 e. The molecule has 2 N–H and O–H groups in total. The van der Waals surface area contributed by atoms with Gasteiger partial charge in [0, 0.05) is 19.8 Å². The highest BCUT2D eigenvalue weighted by atomic mass is 16.5. The zero-order valence-corrected chi connectivity index (χ0v) is 6.38. The van der Waals surface area contributed by atoms with Crippen LogP contribution in [0.3, 0.4) is 0 Å². The van der Waals surface area contributed by atoms with E-state index in [0.29, 0.717) is 12.7 Å². The maximum atomic E-state index is 5.70. The number of nitrogens with two attached hydrogens (primary N) is 1. The van der Waals surface area contributed by atoms with Gasteiger partial charge in [0.25, 0.3) is 0 Å². The molecule has 60 valence electrons. The topological polar surface area (TPSA) is 44.5 Å². The molecule has 0 aliphatic carbocycles. The van der Waals surface area contributed by atoms with E-state index in [1.54, 1.807) is 7.11 Å². The van der Waals surface area contributed by atoms with Crippen molar-refractivity contribution in [2.24, 2.45) is 5.73 Å². The molecule has 0 unspecified atom stereocenters. The fourth-order valence-corrected chi connectivity index (χ4v) is 1.19. The summed E-state index contributed by atoms with van der Waals surface area (Å²) in [6.45, 7) is 1.46. The highest BCUT2D eigenvalue weighted by molar-refractivity contribution is 4.71. The zero-order chi connectivity index (χ0) is 7.40. The summed E-state index contributed by atoms with van der Waals surface area (Å²) in [5.74, 6) is 0. The highest BCUT2D eigenvalue weighted by Crippen LogP contribution is 2.09. The Morgan fingerprint density at radius 2 is 2.40 bits per heavy atom. The minimum absolute atomic E-state index is 0.160. The van der Waals surface area contributed by atoms with Gasteiger partial charge in [-0.1, -0.05) is 0 Å². The van der Waals surface area contributed by atoms with Gasteiger partial charge in [0.05, 0.1) is 12.7 Å². The molecule has 0 aromatic carbocycles. The second-order valence-corrected chi connectivity index (χ2v) is 2.72. The van der Waals surface area contributed by atoms with Gasteiger partial charge in [-0.2, -0.15) is 0 Å². The molecular formula is C7H15NO2. The molecule has 1 saturated heterocycles. The molecule has 0 aromatic heterocycles. The molecule has 1 aliphatic rings. The third-order valence-electron chi connectivity index (χ3n) is 1.82. The summed E-state index contributed by atoms with van der Waals surface area (Å²) in [7, 11) is 1.72. The van der Waals surface area contributed by atoms with E-state index in [4.69, 9.17) is 15.2 Å². The average Bonchev–Trinajstić information content (AvgIpc) is 2.13. The normalized spacial score (nSPS) is 35.4. The van der Waals surface area contributed by atoms with E-state index in [0.717, 1.165) is 19.4 Å². The molecule has 10 heavy (non-hydrogen) atoms. The first-order chi connectivity index (χ1) is 4.83. The van der Waals surface area contributed by atoms with Gasteiger partial charge < -0.3 is 15.2 Å². The van der Waals surface area contributed by atoms with E-state index in [-0.39, 0.29) is 6.04 Å². The summed E-state index contributed by atoms with van der Waals surface area (Å²) >= 11 is 0. The SMILES string of the molecule is CO[C@@H]1CCOC[C@H](N)C1. The minimum Gasteiger partial charge on any atom is -0.381 e. The molecular weight excluding hydrogens is 130 g/mol. The van der Waals surface area contributed by atoms with Crippen LogP contribution in [0.2, 0.25) is 0 Å². The Hall–Kier alpha value is -0.120. The van der Waals surface area contributed by atoms with E-state index in [1.807, 2.05) is 0 Å². The standard InChI is InChI=1S/C7H15NO2/c1-9-7-2-3-10-5-6(8)4-7/h6-7H,2-5,8H2,1H3/t6-,7-/m1/s1. The highest BCUT2D eigenvalue weighted by Gasteiger charge is 2.16. The molecule has 1 fully saturated rings. The average molecular weight is 145 g/mol. The van der Waals surface area contributed by atoms with Crippen LogP contribution in [0.15, 0.2) is 0 Å². The molecule has 0 saturated carbocycles. The lowest BCUT2D eigenvalue weighted by Gasteiger charge is -2.13. The van der Waals surface area contributed by atoms with Crippen molar-refractivity contribution in [1.29, 1.82) is 0 Å². The maximum Gasteiger partial charge on any atom is 0.0618 e. The van der Waals surface area contributed by atoms with Crippen LogP contribution in [-0.2, 0) is 9.47 Å². The second-order valence-electron chi connectivity index (χ2n) is 2.72. The van der Waals surface area contributed by atoms with Crippen LogP contribution in [0.4, 0.5) is 0 Å². The molecule has 1 rings (SSSR count). The first-order valence-electron chi connectivity index (χ1n) is 3.69. The van der Waals surface area contributed by atoms with Gasteiger partial charge in [-0.3, -0.25) is 0 Å². The van der Waals surface area contributed by atoms with Gasteiger partial charge in [0.2, 0.25) is 0 Å². The lowest BCUT2D eigenvalue weighted by atomic mass is 10.1. The predicted octanol–water partition coefficient (Wildman–Crippen LogP) is 0.139. The van der Waals surface area contributed by atoms with Crippen LogP contribution in [0.1, 0.15) is 12.8 Å². The molecule has 3 nitrogen and oxygen atoms in total. The molecule has 0 radical (unpaired) electrons. The first-order valence-corrected chi connectivity index (χ1v) is 3.69. The Kier molecular flexibility index (Phi) is 3.12. The number of hydrogen-bond acceptors (Lipinski definition) is 3. The monoisotopic (exact) mass is 145 g/mol. The molecule has 2 atom stereocenters.